The van der Waals surface area contributed by atoms with Crippen molar-refractivity contribution in [3.63, 3.8) is 0 Å². The number of pyridine rings is 1. The number of hydrogen-bond donors (Lipinski definition) is 0. The lowest BCUT2D eigenvalue weighted by Gasteiger charge is -2.38. The Labute approximate surface area is 204 Å². The summed E-state index contributed by atoms with van der Waals surface area (Å²) in [4.78, 5) is 32.0. The van der Waals surface area contributed by atoms with E-state index in [4.69, 9.17) is 9.51 Å². The monoisotopic (exact) mass is 473 g/mol. The highest BCUT2D eigenvalue weighted by atomic mass is 16.5. The largest absolute Gasteiger partial charge is 0.360 e. The molecule has 1 amide bonds. The average molecular weight is 474 g/mol. The van der Waals surface area contributed by atoms with Gasteiger partial charge >= 0.3 is 0 Å². The maximum atomic E-state index is 13.3. The van der Waals surface area contributed by atoms with E-state index in [9.17, 15) is 4.79 Å². The van der Waals surface area contributed by atoms with Crippen molar-refractivity contribution in [3.8, 4) is 0 Å². The molecule has 9 heteroatoms. The molecule has 0 N–H and O–H groups in total. The summed E-state index contributed by atoms with van der Waals surface area (Å²) in [5.41, 5.74) is 1.85. The minimum Gasteiger partial charge on any atom is -0.360 e. The number of carbonyl (C=O) groups excluding carboxylic acids is 1. The Kier molecular flexibility index (Phi) is 6.16. The molecule has 1 unspecified atom stereocenters. The van der Waals surface area contributed by atoms with Crippen LogP contribution in [0.2, 0.25) is 0 Å². The highest BCUT2D eigenvalue weighted by Gasteiger charge is 2.33. The number of piperidine rings is 2. The van der Waals surface area contributed by atoms with Gasteiger partial charge in [0, 0.05) is 43.5 Å². The number of aromatic nitrogens is 4. The van der Waals surface area contributed by atoms with Gasteiger partial charge in [-0.2, -0.15) is 0 Å². The zero-order valence-electron chi connectivity index (χ0n) is 19.9. The van der Waals surface area contributed by atoms with Crippen molar-refractivity contribution in [1.29, 1.82) is 0 Å². The lowest BCUT2D eigenvalue weighted by atomic mass is 9.93. The molecule has 6 rings (SSSR count). The van der Waals surface area contributed by atoms with Crippen molar-refractivity contribution in [2.45, 2.75) is 50.7 Å². The highest BCUT2D eigenvalue weighted by Crippen LogP contribution is 2.34. The molecule has 1 atom stereocenters. The second-order valence-corrected chi connectivity index (χ2v) is 9.75. The predicted molar refractivity (Wildman–Crippen MR) is 132 cm³/mol. The third-order valence-corrected chi connectivity index (χ3v) is 7.57. The average Bonchev–Trinajstić information content (AvgIpc) is 3.57. The van der Waals surface area contributed by atoms with E-state index in [2.05, 4.69) is 35.6 Å². The molecule has 35 heavy (non-hydrogen) atoms. The second-order valence-electron chi connectivity index (χ2n) is 9.75. The standard InChI is InChI=1S/C26H31N7O2/c34-26(19-7-14-31(15-8-19)18-21-6-13-29-35-21)32-16-9-20(10-17-32)33-24-23(5-3-12-28-24)30-25(33)22-4-1-2-11-27-22/h1-3,5-6,11-13,19-20,22H,4,7-10,14-18H2. The van der Waals surface area contributed by atoms with Gasteiger partial charge in [0.25, 0.3) is 0 Å². The van der Waals surface area contributed by atoms with Crippen molar-refractivity contribution in [2.75, 3.05) is 26.2 Å². The summed E-state index contributed by atoms with van der Waals surface area (Å²) in [5.74, 6) is 2.31. The van der Waals surface area contributed by atoms with E-state index >= 15 is 0 Å². The summed E-state index contributed by atoms with van der Waals surface area (Å²) in [7, 11) is 0. The Bertz CT molecular complexity index is 1220. The van der Waals surface area contributed by atoms with Crippen LogP contribution in [0.4, 0.5) is 0 Å². The molecule has 9 nitrogen and oxygen atoms in total. The predicted octanol–water partition coefficient (Wildman–Crippen LogP) is 3.57. The van der Waals surface area contributed by atoms with Gasteiger partial charge in [0.05, 0.1) is 12.7 Å². The van der Waals surface area contributed by atoms with Crippen molar-refractivity contribution in [1.82, 2.24) is 29.5 Å². The molecular formula is C26H31N7O2. The maximum absolute atomic E-state index is 13.3. The van der Waals surface area contributed by atoms with Crippen LogP contribution in [0.5, 0.6) is 0 Å². The number of imidazole rings is 1. The SMILES string of the molecule is O=C(C1CCN(Cc2ccno2)CC1)N1CCC(n2c(C3CC=CC=N3)nc3cccnc32)CC1. The van der Waals surface area contributed by atoms with Gasteiger partial charge in [-0.15, -0.1) is 0 Å². The van der Waals surface area contributed by atoms with Crippen molar-refractivity contribution in [2.24, 2.45) is 10.9 Å². The zero-order valence-corrected chi connectivity index (χ0v) is 19.9. The van der Waals surface area contributed by atoms with Crippen LogP contribution < -0.4 is 0 Å². The maximum Gasteiger partial charge on any atom is 0.225 e. The number of nitrogens with zero attached hydrogens (tertiary/aromatic N) is 7. The minimum atomic E-state index is 0.0241. The fraction of sp³-hybridized carbons (Fsp3) is 0.500. The number of rotatable bonds is 5. The van der Waals surface area contributed by atoms with E-state index in [1.807, 2.05) is 36.7 Å². The summed E-state index contributed by atoms with van der Waals surface area (Å²) >= 11 is 0. The number of fused-ring (bicyclic) bond motifs is 1. The van der Waals surface area contributed by atoms with E-state index in [-0.39, 0.29) is 18.0 Å². The quantitative estimate of drug-likeness (QED) is 0.563. The molecule has 3 aromatic heterocycles. The number of allylic oxidation sites excluding steroid dienone is 1. The van der Waals surface area contributed by atoms with Gasteiger partial charge in [-0.1, -0.05) is 11.2 Å². The van der Waals surface area contributed by atoms with Crippen LogP contribution in [0.15, 0.2) is 52.3 Å². The van der Waals surface area contributed by atoms with Gasteiger partial charge in [0.2, 0.25) is 5.91 Å². The summed E-state index contributed by atoms with van der Waals surface area (Å²) in [6.07, 6.45) is 14.0. The van der Waals surface area contributed by atoms with Crippen LogP contribution in [0.1, 0.15) is 55.8 Å². The summed E-state index contributed by atoms with van der Waals surface area (Å²) in [5, 5.41) is 3.78. The molecule has 3 aliphatic rings. The van der Waals surface area contributed by atoms with E-state index in [0.29, 0.717) is 5.91 Å². The highest BCUT2D eigenvalue weighted by molar-refractivity contribution is 5.79. The lowest BCUT2D eigenvalue weighted by molar-refractivity contribution is -0.138. The first-order chi connectivity index (χ1) is 17.3. The minimum absolute atomic E-state index is 0.0241. The van der Waals surface area contributed by atoms with Crippen LogP contribution >= 0.6 is 0 Å². The number of carbonyl (C=O) groups is 1. The molecule has 0 aromatic carbocycles. The topological polar surface area (TPSA) is 92.7 Å². The van der Waals surface area contributed by atoms with E-state index in [1.165, 1.54) is 0 Å². The first-order valence-electron chi connectivity index (χ1n) is 12.7. The van der Waals surface area contributed by atoms with E-state index in [0.717, 1.165) is 87.6 Å². The molecule has 2 saturated heterocycles. The zero-order chi connectivity index (χ0) is 23.6. The van der Waals surface area contributed by atoms with Crippen LogP contribution in [0.3, 0.4) is 0 Å². The number of aliphatic imine (C=N–C) groups is 1. The Morgan fingerprint density at radius 3 is 2.66 bits per heavy atom. The number of hydrogen-bond acceptors (Lipinski definition) is 7. The molecule has 0 radical (unpaired) electrons. The van der Waals surface area contributed by atoms with Crippen molar-refractivity contribution < 1.29 is 9.32 Å². The van der Waals surface area contributed by atoms with Crippen LogP contribution in [-0.4, -0.2) is 67.8 Å². The van der Waals surface area contributed by atoms with Crippen LogP contribution in [0, 0.1) is 5.92 Å². The Hall–Kier alpha value is -3.33. The van der Waals surface area contributed by atoms with Gasteiger partial charge in [-0.05, 0) is 63.4 Å². The fourth-order valence-corrected chi connectivity index (χ4v) is 5.68. The molecule has 3 aromatic rings. The van der Waals surface area contributed by atoms with Crippen LogP contribution in [0.25, 0.3) is 11.2 Å². The molecule has 0 aliphatic carbocycles. The lowest BCUT2D eigenvalue weighted by Crippen LogP contribution is -2.45. The molecule has 6 heterocycles. The summed E-state index contributed by atoms with van der Waals surface area (Å²) < 4.78 is 7.54. The van der Waals surface area contributed by atoms with Gasteiger partial charge in [0.15, 0.2) is 11.4 Å². The summed E-state index contributed by atoms with van der Waals surface area (Å²) in [6.45, 7) is 4.16. The smallest absolute Gasteiger partial charge is 0.225 e. The Morgan fingerprint density at radius 1 is 1.06 bits per heavy atom. The van der Waals surface area contributed by atoms with Gasteiger partial charge < -0.3 is 14.0 Å². The van der Waals surface area contributed by atoms with Crippen LogP contribution in [-0.2, 0) is 11.3 Å². The molecule has 3 aliphatic heterocycles. The van der Waals surface area contributed by atoms with Gasteiger partial charge in [-0.25, -0.2) is 9.97 Å². The second kappa shape index (κ2) is 9.73. The first-order valence-corrected chi connectivity index (χ1v) is 12.7. The first kappa shape index (κ1) is 22.2. The molecule has 0 bridgehead atoms. The summed E-state index contributed by atoms with van der Waals surface area (Å²) in [6, 6.07) is 6.17. The van der Waals surface area contributed by atoms with E-state index in [1.54, 1.807) is 6.20 Å². The Balaban J connectivity index is 1.10. The van der Waals surface area contributed by atoms with Crippen molar-refractivity contribution >= 4 is 23.3 Å². The third-order valence-electron chi connectivity index (χ3n) is 7.57. The number of dihydropyridines is 1. The van der Waals surface area contributed by atoms with Gasteiger partial charge in [-0.3, -0.25) is 14.7 Å². The molecule has 182 valence electrons. The van der Waals surface area contributed by atoms with E-state index < -0.39 is 0 Å². The van der Waals surface area contributed by atoms with Gasteiger partial charge in [0.1, 0.15) is 17.4 Å². The fourth-order valence-electron chi connectivity index (χ4n) is 5.68. The molecule has 0 spiro atoms. The molecule has 0 saturated carbocycles. The molecular weight excluding hydrogens is 442 g/mol. The Morgan fingerprint density at radius 2 is 1.91 bits per heavy atom. The number of likely N-dealkylation sites (tertiary alicyclic amines) is 2. The molecule has 2 fully saturated rings. The normalized spacial score (nSPS) is 22.3. The van der Waals surface area contributed by atoms with Crippen molar-refractivity contribution in [3.05, 3.63) is 54.3 Å². The number of amides is 1. The third kappa shape index (κ3) is 4.52.